The molecule has 0 aliphatic heterocycles. The van der Waals surface area contributed by atoms with Gasteiger partial charge in [-0.1, -0.05) is 25.7 Å². The topological polar surface area (TPSA) is 52.3 Å². The van der Waals surface area contributed by atoms with Gasteiger partial charge in [0.2, 0.25) is 0 Å². The zero-order valence-electron chi connectivity index (χ0n) is 8.34. The molecule has 0 unspecified atom stereocenters. The highest BCUT2D eigenvalue weighted by Crippen LogP contribution is 2.35. The van der Waals surface area contributed by atoms with E-state index in [0.717, 1.165) is 25.7 Å². The van der Waals surface area contributed by atoms with Crippen LogP contribution in [0, 0.1) is 5.41 Å². The van der Waals surface area contributed by atoms with Crippen molar-refractivity contribution in [3.8, 4) is 0 Å². The smallest absolute Gasteiger partial charge is 0.313 e. The van der Waals surface area contributed by atoms with Crippen LogP contribution in [0.4, 0.5) is 0 Å². The van der Waals surface area contributed by atoms with E-state index in [1.54, 1.807) is 0 Å². The summed E-state index contributed by atoms with van der Waals surface area (Å²) < 4.78 is 4.82. The van der Waals surface area contributed by atoms with Crippen LogP contribution in [-0.4, -0.2) is 19.6 Å². The van der Waals surface area contributed by atoms with E-state index in [4.69, 9.17) is 10.5 Å². The summed E-state index contributed by atoms with van der Waals surface area (Å²) in [5, 5.41) is 0. The summed E-state index contributed by atoms with van der Waals surface area (Å²) in [5.41, 5.74) is 5.31. The molecule has 3 nitrogen and oxygen atoms in total. The Balaban J connectivity index is 2.70. The summed E-state index contributed by atoms with van der Waals surface area (Å²) in [4.78, 5) is 11.6. The molecule has 3 heteroatoms. The van der Waals surface area contributed by atoms with Crippen LogP contribution in [0.5, 0.6) is 0 Å². The molecule has 0 amide bonds. The van der Waals surface area contributed by atoms with E-state index in [1.165, 1.54) is 20.0 Å². The Hall–Kier alpha value is -0.570. The van der Waals surface area contributed by atoms with Crippen LogP contribution in [0.15, 0.2) is 0 Å². The first-order valence-electron chi connectivity index (χ1n) is 5.04. The van der Waals surface area contributed by atoms with E-state index < -0.39 is 0 Å². The largest absolute Gasteiger partial charge is 0.469 e. The molecule has 1 rings (SSSR count). The van der Waals surface area contributed by atoms with Gasteiger partial charge in [-0.3, -0.25) is 4.79 Å². The molecule has 1 aliphatic carbocycles. The van der Waals surface area contributed by atoms with Crippen molar-refractivity contribution in [1.82, 2.24) is 0 Å². The van der Waals surface area contributed by atoms with Gasteiger partial charge in [0, 0.05) is 6.54 Å². The molecule has 1 aliphatic rings. The molecule has 0 heterocycles. The van der Waals surface area contributed by atoms with Gasteiger partial charge in [0.05, 0.1) is 12.5 Å². The van der Waals surface area contributed by atoms with E-state index in [2.05, 4.69) is 0 Å². The Morgan fingerprint density at radius 3 is 2.23 bits per heavy atom. The number of esters is 1. The van der Waals surface area contributed by atoms with Crippen molar-refractivity contribution in [2.45, 2.75) is 38.5 Å². The van der Waals surface area contributed by atoms with Gasteiger partial charge < -0.3 is 10.5 Å². The molecule has 1 saturated carbocycles. The molecule has 0 bridgehead atoms. The van der Waals surface area contributed by atoms with Crippen molar-refractivity contribution >= 4 is 5.97 Å². The number of hydrogen-bond donors (Lipinski definition) is 1. The highest BCUT2D eigenvalue weighted by Gasteiger charge is 2.38. The maximum atomic E-state index is 11.6. The number of carbonyl (C=O) groups excluding carboxylic acids is 1. The van der Waals surface area contributed by atoms with Crippen molar-refractivity contribution in [3.63, 3.8) is 0 Å². The molecular formula is C10H19NO2. The summed E-state index contributed by atoms with van der Waals surface area (Å²) in [6.45, 7) is 0.430. The molecule has 2 N–H and O–H groups in total. The summed E-state index contributed by atoms with van der Waals surface area (Å²) in [6, 6.07) is 0. The monoisotopic (exact) mass is 185 g/mol. The quantitative estimate of drug-likeness (QED) is 0.523. The Labute approximate surface area is 79.6 Å². The minimum Gasteiger partial charge on any atom is -0.469 e. The molecule has 0 spiro atoms. The van der Waals surface area contributed by atoms with E-state index in [9.17, 15) is 4.79 Å². The lowest BCUT2D eigenvalue weighted by Crippen LogP contribution is -2.39. The van der Waals surface area contributed by atoms with Crippen molar-refractivity contribution in [2.24, 2.45) is 11.1 Å². The Kier molecular flexibility index (Phi) is 3.72. The van der Waals surface area contributed by atoms with Crippen molar-refractivity contribution in [1.29, 1.82) is 0 Å². The van der Waals surface area contributed by atoms with Gasteiger partial charge in [-0.05, 0) is 12.8 Å². The lowest BCUT2D eigenvalue weighted by molar-refractivity contribution is -0.153. The van der Waals surface area contributed by atoms with Crippen molar-refractivity contribution in [3.05, 3.63) is 0 Å². The first-order valence-corrected chi connectivity index (χ1v) is 5.04. The molecular weight excluding hydrogens is 166 g/mol. The van der Waals surface area contributed by atoms with Crippen LogP contribution in [0.2, 0.25) is 0 Å². The molecule has 0 aromatic heterocycles. The van der Waals surface area contributed by atoms with Gasteiger partial charge in [0.1, 0.15) is 0 Å². The van der Waals surface area contributed by atoms with Gasteiger partial charge in [0.25, 0.3) is 0 Å². The maximum absolute atomic E-state index is 11.6. The standard InChI is InChI=1S/C10H19NO2/c1-13-9(12)10(8-11)6-4-2-3-5-7-10/h2-8,11H2,1H3. The van der Waals surface area contributed by atoms with Crippen molar-refractivity contribution in [2.75, 3.05) is 13.7 Å². The second-order valence-electron chi connectivity index (χ2n) is 3.89. The summed E-state index contributed by atoms with van der Waals surface area (Å²) in [6.07, 6.45) is 6.45. The Bertz CT molecular complexity index is 172. The lowest BCUT2D eigenvalue weighted by Gasteiger charge is -2.27. The van der Waals surface area contributed by atoms with Crippen LogP contribution in [0.1, 0.15) is 38.5 Å². The van der Waals surface area contributed by atoms with E-state index in [1.807, 2.05) is 0 Å². The average Bonchev–Trinajstić information content (AvgIpc) is 2.42. The fourth-order valence-corrected chi connectivity index (χ4v) is 2.11. The first-order chi connectivity index (χ1) is 6.25. The molecule has 1 fully saturated rings. The number of ether oxygens (including phenoxy) is 1. The molecule has 76 valence electrons. The minimum absolute atomic E-state index is 0.114. The Morgan fingerprint density at radius 2 is 1.85 bits per heavy atom. The summed E-state index contributed by atoms with van der Waals surface area (Å²) >= 11 is 0. The van der Waals surface area contributed by atoms with Gasteiger partial charge >= 0.3 is 5.97 Å². The molecule has 0 aromatic carbocycles. The zero-order chi connectivity index (χ0) is 9.73. The second-order valence-corrected chi connectivity index (χ2v) is 3.89. The third-order valence-electron chi connectivity index (χ3n) is 3.07. The van der Waals surface area contributed by atoms with Crippen molar-refractivity contribution < 1.29 is 9.53 Å². The molecule has 13 heavy (non-hydrogen) atoms. The third kappa shape index (κ3) is 2.21. The SMILES string of the molecule is COC(=O)C1(CN)CCCCCC1. The highest BCUT2D eigenvalue weighted by atomic mass is 16.5. The fraction of sp³-hybridized carbons (Fsp3) is 0.900. The molecule has 0 radical (unpaired) electrons. The number of hydrogen-bond acceptors (Lipinski definition) is 3. The molecule has 0 saturated heterocycles. The van der Waals surface area contributed by atoms with Crippen LogP contribution in [0.3, 0.4) is 0 Å². The predicted molar refractivity (Wildman–Crippen MR) is 51.2 cm³/mol. The van der Waals surface area contributed by atoms with E-state index >= 15 is 0 Å². The predicted octanol–water partition coefficient (Wildman–Crippen LogP) is 1.46. The number of rotatable bonds is 2. The van der Waals surface area contributed by atoms with Crippen LogP contribution in [0.25, 0.3) is 0 Å². The minimum atomic E-state index is -0.370. The van der Waals surface area contributed by atoms with Gasteiger partial charge in [0.15, 0.2) is 0 Å². The van der Waals surface area contributed by atoms with Crippen LogP contribution < -0.4 is 5.73 Å². The normalized spacial score (nSPS) is 22.0. The maximum Gasteiger partial charge on any atom is 0.313 e. The number of methoxy groups -OCH3 is 1. The second kappa shape index (κ2) is 4.61. The van der Waals surface area contributed by atoms with Crippen LogP contribution in [-0.2, 0) is 9.53 Å². The number of carbonyl (C=O) groups is 1. The lowest BCUT2D eigenvalue weighted by atomic mass is 9.80. The van der Waals surface area contributed by atoms with Crippen LogP contribution >= 0.6 is 0 Å². The molecule has 0 atom stereocenters. The van der Waals surface area contributed by atoms with Gasteiger partial charge in [-0.2, -0.15) is 0 Å². The van der Waals surface area contributed by atoms with Gasteiger partial charge in [-0.25, -0.2) is 0 Å². The fourth-order valence-electron chi connectivity index (χ4n) is 2.11. The van der Waals surface area contributed by atoms with E-state index in [-0.39, 0.29) is 11.4 Å². The number of nitrogens with two attached hydrogens (primary N) is 1. The average molecular weight is 185 g/mol. The first kappa shape index (κ1) is 10.5. The van der Waals surface area contributed by atoms with E-state index in [0.29, 0.717) is 6.54 Å². The third-order valence-corrected chi connectivity index (χ3v) is 3.07. The summed E-state index contributed by atoms with van der Waals surface area (Å²) in [7, 11) is 1.45. The zero-order valence-corrected chi connectivity index (χ0v) is 8.34. The molecule has 0 aromatic rings. The Morgan fingerprint density at radius 1 is 1.31 bits per heavy atom. The van der Waals surface area contributed by atoms with Gasteiger partial charge in [-0.15, -0.1) is 0 Å². The highest BCUT2D eigenvalue weighted by molar-refractivity contribution is 5.77. The summed E-state index contributed by atoms with van der Waals surface area (Å²) in [5.74, 6) is -0.114.